The minimum Gasteiger partial charge on any atom is -0.462 e. The number of ether oxygens (including phenoxy) is 2. The van der Waals surface area contributed by atoms with E-state index < -0.39 is 48.4 Å². The summed E-state index contributed by atoms with van der Waals surface area (Å²) in [5.41, 5.74) is 4.37. The molecule has 0 bridgehead atoms. The minimum absolute atomic E-state index is 0.0145. The average Bonchev–Trinajstić information content (AvgIpc) is 3.46. The number of nitrogens with two attached hydrogens (primary N) is 1. The molecule has 0 spiro atoms. The number of amidine groups is 1. The SMILES string of the molecule is CC(C)[C@H](N)C(=O)OC[C@H]1O[C@@](C#N)(c2ccc(/C(=N\C=N)NC(=O)c3ccccc3)[nH]2)[C@H](O)[C@@H]1O. The predicted molar refractivity (Wildman–Crippen MR) is 128 cm³/mol. The molecule has 1 aliphatic rings. The predicted octanol–water partition coefficient (Wildman–Crippen LogP) is 0.164. The fourth-order valence-electron chi connectivity index (χ4n) is 3.62. The van der Waals surface area contributed by atoms with E-state index in [9.17, 15) is 25.1 Å². The molecule has 1 aliphatic heterocycles. The Bertz CT molecular complexity index is 1170. The molecule has 12 nitrogen and oxygen atoms in total. The number of aliphatic hydroxyl groups excluding tert-OH is 2. The van der Waals surface area contributed by atoms with Gasteiger partial charge in [-0.25, -0.2) is 4.99 Å². The molecule has 0 aliphatic carbocycles. The van der Waals surface area contributed by atoms with Crippen LogP contribution < -0.4 is 11.1 Å². The molecular formula is C24H28N6O6. The third-order valence-electron chi connectivity index (χ3n) is 5.81. The summed E-state index contributed by atoms with van der Waals surface area (Å²) in [7, 11) is 0. The van der Waals surface area contributed by atoms with Crippen LogP contribution in [0.15, 0.2) is 47.5 Å². The Morgan fingerprint density at radius 3 is 2.64 bits per heavy atom. The number of aliphatic hydroxyl groups is 2. The van der Waals surface area contributed by atoms with Crippen LogP contribution in [0.1, 0.15) is 35.6 Å². The van der Waals surface area contributed by atoms with Gasteiger partial charge in [-0.05, 0) is 30.2 Å². The Hall–Kier alpha value is -3.89. The summed E-state index contributed by atoms with van der Waals surface area (Å²) in [4.78, 5) is 31.4. The Labute approximate surface area is 207 Å². The van der Waals surface area contributed by atoms with Crippen molar-refractivity contribution in [3.05, 3.63) is 59.4 Å². The summed E-state index contributed by atoms with van der Waals surface area (Å²) < 4.78 is 10.9. The number of nitrogens with zero attached hydrogens (tertiary/aromatic N) is 2. The van der Waals surface area contributed by atoms with E-state index in [-0.39, 0.29) is 23.1 Å². The molecule has 1 amide bonds. The number of aromatic amines is 1. The summed E-state index contributed by atoms with van der Waals surface area (Å²) in [6.07, 6.45) is -3.72. The van der Waals surface area contributed by atoms with Gasteiger partial charge in [-0.15, -0.1) is 0 Å². The Morgan fingerprint density at radius 2 is 2.03 bits per heavy atom. The van der Waals surface area contributed by atoms with Crippen LogP contribution in [-0.4, -0.2) is 70.2 Å². The Balaban J connectivity index is 1.81. The molecule has 0 saturated carbocycles. The molecule has 1 aromatic carbocycles. The first-order chi connectivity index (χ1) is 17.1. The van der Waals surface area contributed by atoms with Gasteiger partial charge in [-0.2, -0.15) is 5.26 Å². The molecule has 36 heavy (non-hydrogen) atoms. The first-order valence-corrected chi connectivity index (χ1v) is 11.1. The van der Waals surface area contributed by atoms with Crippen molar-refractivity contribution in [2.75, 3.05) is 6.61 Å². The van der Waals surface area contributed by atoms with Gasteiger partial charge in [-0.1, -0.05) is 32.0 Å². The quantitative estimate of drug-likeness (QED) is 0.168. The van der Waals surface area contributed by atoms with Crippen LogP contribution in [0.25, 0.3) is 0 Å². The number of aliphatic imine (C=N–C) groups is 1. The van der Waals surface area contributed by atoms with Crippen molar-refractivity contribution >= 4 is 24.1 Å². The fourth-order valence-corrected chi connectivity index (χ4v) is 3.62. The Kier molecular flexibility index (Phi) is 8.33. The number of hydrogen-bond acceptors (Lipinski definition) is 9. The molecule has 0 radical (unpaired) electrons. The molecule has 12 heteroatoms. The second-order valence-electron chi connectivity index (χ2n) is 8.55. The van der Waals surface area contributed by atoms with Crippen LogP contribution in [0.3, 0.4) is 0 Å². The molecule has 7 N–H and O–H groups in total. The van der Waals surface area contributed by atoms with E-state index in [0.29, 0.717) is 5.56 Å². The van der Waals surface area contributed by atoms with Crippen molar-refractivity contribution in [2.45, 2.75) is 43.8 Å². The minimum atomic E-state index is -2.03. The maximum Gasteiger partial charge on any atom is 0.323 e. The second-order valence-corrected chi connectivity index (χ2v) is 8.55. The lowest BCUT2D eigenvalue weighted by atomic mass is 9.93. The third kappa shape index (κ3) is 5.34. The Morgan fingerprint density at radius 1 is 1.33 bits per heavy atom. The van der Waals surface area contributed by atoms with Crippen LogP contribution in [0, 0.1) is 22.7 Å². The van der Waals surface area contributed by atoms with Gasteiger partial charge in [0.25, 0.3) is 5.91 Å². The van der Waals surface area contributed by atoms with Gasteiger partial charge >= 0.3 is 5.97 Å². The van der Waals surface area contributed by atoms with Crippen LogP contribution >= 0.6 is 0 Å². The van der Waals surface area contributed by atoms with Crippen molar-refractivity contribution in [1.82, 2.24) is 10.3 Å². The number of hydrogen-bond donors (Lipinski definition) is 6. The van der Waals surface area contributed by atoms with Crippen molar-refractivity contribution < 1.29 is 29.3 Å². The van der Waals surface area contributed by atoms with Crippen molar-refractivity contribution in [1.29, 1.82) is 10.7 Å². The molecule has 2 aromatic rings. The van der Waals surface area contributed by atoms with E-state index in [1.54, 1.807) is 44.2 Å². The standard InChI is InChI=1S/C24H28N6O6/c1-13(2)18(27)23(34)35-10-16-19(31)20(32)24(11-25,36-16)17-9-8-15(29-17)21(28-12-26)30-22(33)14-6-4-3-5-7-14/h3-9,12-13,16,18-20,29,31-32H,10,27H2,1-2H3,(H2,26,28,30,33)/t16-,18+,19-,20-,24+/m1/s1. The lowest BCUT2D eigenvalue weighted by Crippen LogP contribution is -2.41. The molecule has 5 atom stereocenters. The number of H-pyrrole nitrogens is 1. The maximum atomic E-state index is 12.6. The van der Waals surface area contributed by atoms with Gasteiger partial charge in [-0.3, -0.25) is 15.0 Å². The molecule has 3 rings (SSSR count). The molecule has 190 valence electrons. The third-order valence-corrected chi connectivity index (χ3v) is 5.81. The number of amides is 1. The van der Waals surface area contributed by atoms with E-state index in [0.717, 1.165) is 6.34 Å². The number of carbonyl (C=O) groups is 2. The summed E-state index contributed by atoms with van der Waals surface area (Å²) in [5, 5.41) is 41.1. The molecular weight excluding hydrogens is 468 g/mol. The van der Waals surface area contributed by atoms with Gasteiger partial charge in [0.2, 0.25) is 5.60 Å². The van der Waals surface area contributed by atoms with Gasteiger partial charge in [0.1, 0.15) is 43.4 Å². The zero-order valence-corrected chi connectivity index (χ0v) is 19.7. The lowest BCUT2D eigenvalue weighted by Gasteiger charge is -2.23. The van der Waals surface area contributed by atoms with Crippen LogP contribution in [0.2, 0.25) is 0 Å². The highest BCUT2D eigenvalue weighted by Crippen LogP contribution is 2.39. The number of benzene rings is 1. The normalized spacial score (nSPS) is 24.7. The number of nitrogens with one attached hydrogen (secondary N) is 3. The highest BCUT2D eigenvalue weighted by molar-refractivity contribution is 6.13. The smallest absolute Gasteiger partial charge is 0.323 e. The van der Waals surface area contributed by atoms with Crippen LogP contribution in [0.4, 0.5) is 0 Å². The summed E-state index contributed by atoms with van der Waals surface area (Å²) in [5.74, 6) is -1.36. The van der Waals surface area contributed by atoms with Crippen LogP contribution in [0.5, 0.6) is 0 Å². The maximum absolute atomic E-state index is 12.6. The average molecular weight is 497 g/mol. The summed E-state index contributed by atoms with van der Waals surface area (Å²) in [6, 6.07) is 12.3. The van der Waals surface area contributed by atoms with E-state index >= 15 is 0 Å². The number of esters is 1. The summed E-state index contributed by atoms with van der Waals surface area (Å²) in [6.45, 7) is 3.07. The first kappa shape index (κ1) is 26.7. The highest BCUT2D eigenvalue weighted by Gasteiger charge is 2.57. The van der Waals surface area contributed by atoms with Crippen molar-refractivity contribution in [3.8, 4) is 6.07 Å². The van der Waals surface area contributed by atoms with E-state index in [2.05, 4.69) is 15.3 Å². The highest BCUT2D eigenvalue weighted by atomic mass is 16.6. The number of aromatic nitrogens is 1. The second kappa shape index (κ2) is 11.2. The zero-order valence-electron chi connectivity index (χ0n) is 19.7. The fraction of sp³-hybridized carbons (Fsp3) is 0.375. The van der Waals surface area contributed by atoms with Gasteiger partial charge in [0, 0.05) is 5.56 Å². The topological polar surface area (TPSA) is 207 Å². The number of rotatable bonds is 8. The number of nitriles is 1. The summed E-state index contributed by atoms with van der Waals surface area (Å²) >= 11 is 0. The van der Waals surface area contributed by atoms with Gasteiger partial charge in [0.05, 0.1) is 11.4 Å². The number of carbonyl (C=O) groups excluding carboxylic acids is 2. The van der Waals surface area contributed by atoms with E-state index in [1.165, 1.54) is 12.1 Å². The van der Waals surface area contributed by atoms with Gasteiger partial charge < -0.3 is 35.7 Å². The van der Waals surface area contributed by atoms with E-state index in [4.69, 9.17) is 20.6 Å². The molecule has 1 saturated heterocycles. The molecule has 2 heterocycles. The molecule has 1 fully saturated rings. The van der Waals surface area contributed by atoms with Crippen molar-refractivity contribution in [3.63, 3.8) is 0 Å². The van der Waals surface area contributed by atoms with Gasteiger partial charge in [0.15, 0.2) is 5.84 Å². The van der Waals surface area contributed by atoms with Crippen molar-refractivity contribution in [2.24, 2.45) is 16.6 Å². The first-order valence-electron chi connectivity index (χ1n) is 11.1. The monoisotopic (exact) mass is 496 g/mol. The van der Waals surface area contributed by atoms with E-state index in [1.807, 2.05) is 6.07 Å². The largest absolute Gasteiger partial charge is 0.462 e. The molecule has 1 aromatic heterocycles. The molecule has 0 unspecified atom stereocenters. The van der Waals surface area contributed by atoms with Crippen LogP contribution in [-0.2, 0) is 19.9 Å². The zero-order chi connectivity index (χ0) is 26.5. The lowest BCUT2D eigenvalue weighted by molar-refractivity contribution is -0.153.